The third-order valence-electron chi connectivity index (χ3n) is 3.74. The first-order valence-corrected chi connectivity index (χ1v) is 7.37. The van der Waals surface area contributed by atoms with Gasteiger partial charge in [-0.3, -0.25) is 4.79 Å². The molecular formula is C17H22N2O. The Labute approximate surface area is 120 Å². The van der Waals surface area contributed by atoms with Gasteiger partial charge >= 0.3 is 0 Å². The normalized spacial score (nSPS) is 15.2. The number of nitrogens with two attached hydrogens (primary N) is 1. The van der Waals surface area contributed by atoms with E-state index in [1.807, 2.05) is 24.3 Å². The Morgan fingerprint density at radius 1 is 1.30 bits per heavy atom. The Morgan fingerprint density at radius 2 is 2.10 bits per heavy atom. The van der Waals surface area contributed by atoms with Crippen molar-refractivity contribution in [3.63, 3.8) is 0 Å². The largest absolute Gasteiger partial charge is 0.352 e. The maximum Gasteiger partial charge on any atom is 0.251 e. The summed E-state index contributed by atoms with van der Waals surface area (Å²) in [5.41, 5.74) is 6.86. The van der Waals surface area contributed by atoms with E-state index in [4.69, 9.17) is 5.73 Å². The van der Waals surface area contributed by atoms with Gasteiger partial charge in [0, 0.05) is 17.7 Å². The summed E-state index contributed by atoms with van der Waals surface area (Å²) in [7, 11) is 0. The van der Waals surface area contributed by atoms with Crippen LogP contribution >= 0.6 is 0 Å². The van der Waals surface area contributed by atoms with Crippen LogP contribution in [0, 0.1) is 17.8 Å². The number of hydrogen-bond donors (Lipinski definition) is 2. The van der Waals surface area contributed by atoms with Gasteiger partial charge < -0.3 is 11.1 Å². The molecule has 0 unspecified atom stereocenters. The molecule has 0 aromatic heterocycles. The molecule has 0 aliphatic heterocycles. The molecule has 3 nitrogen and oxygen atoms in total. The van der Waals surface area contributed by atoms with E-state index in [0.29, 0.717) is 18.0 Å². The summed E-state index contributed by atoms with van der Waals surface area (Å²) in [6, 6.07) is 7.39. The van der Waals surface area contributed by atoms with Crippen molar-refractivity contribution in [1.82, 2.24) is 5.32 Å². The van der Waals surface area contributed by atoms with Gasteiger partial charge in [0.1, 0.15) is 0 Å². The fraction of sp³-hybridized carbons (Fsp3) is 0.471. The lowest BCUT2D eigenvalue weighted by molar-refractivity contribution is 0.0943. The Kier molecular flexibility index (Phi) is 5.64. The van der Waals surface area contributed by atoms with Crippen LogP contribution in [0.25, 0.3) is 0 Å². The van der Waals surface area contributed by atoms with Gasteiger partial charge in [-0.25, -0.2) is 0 Å². The number of benzene rings is 1. The maximum atomic E-state index is 12.1. The zero-order valence-electron chi connectivity index (χ0n) is 11.8. The highest BCUT2D eigenvalue weighted by Gasteiger charge is 2.14. The van der Waals surface area contributed by atoms with Gasteiger partial charge in [0.15, 0.2) is 0 Å². The Morgan fingerprint density at radius 3 is 2.85 bits per heavy atom. The van der Waals surface area contributed by atoms with Crippen LogP contribution in [0.1, 0.15) is 48.0 Å². The van der Waals surface area contributed by atoms with Gasteiger partial charge in [-0.05, 0) is 37.0 Å². The van der Waals surface area contributed by atoms with E-state index in [1.54, 1.807) is 0 Å². The smallest absolute Gasteiger partial charge is 0.251 e. The fourth-order valence-electron chi connectivity index (χ4n) is 2.62. The average Bonchev–Trinajstić information content (AvgIpc) is 2.52. The average molecular weight is 270 g/mol. The summed E-state index contributed by atoms with van der Waals surface area (Å²) in [4.78, 5) is 12.1. The van der Waals surface area contributed by atoms with Crippen LogP contribution in [0.15, 0.2) is 24.3 Å². The van der Waals surface area contributed by atoms with Crippen molar-refractivity contribution in [2.45, 2.75) is 32.1 Å². The predicted molar refractivity (Wildman–Crippen MR) is 81.3 cm³/mol. The molecule has 20 heavy (non-hydrogen) atoms. The minimum absolute atomic E-state index is 0.00743. The minimum atomic E-state index is -0.00743. The molecule has 1 aromatic rings. The number of rotatable bonds is 3. The number of amides is 1. The zero-order chi connectivity index (χ0) is 14.2. The molecule has 1 saturated carbocycles. The van der Waals surface area contributed by atoms with E-state index >= 15 is 0 Å². The molecule has 3 N–H and O–H groups in total. The second-order valence-corrected chi connectivity index (χ2v) is 5.30. The summed E-state index contributed by atoms with van der Waals surface area (Å²) in [5, 5.41) is 3.04. The van der Waals surface area contributed by atoms with E-state index in [2.05, 4.69) is 17.2 Å². The molecule has 0 heterocycles. The molecule has 1 fully saturated rings. The molecule has 106 valence electrons. The van der Waals surface area contributed by atoms with Crippen LogP contribution < -0.4 is 11.1 Å². The van der Waals surface area contributed by atoms with Gasteiger partial charge in [0.2, 0.25) is 0 Å². The molecule has 0 bridgehead atoms. The summed E-state index contributed by atoms with van der Waals surface area (Å²) in [6.45, 7) is 1.12. The standard InChI is InChI=1S/C17H22N2O/c18-11-5-9-14-8-4-10-16(12-14)17(20)19-13-15-6-2-1-3-7-15/h4,8,10,12,15H,1-3,6-7,11,13,18H2,(H,19,20). The van der Waals surface area contributed by atoms with Crippen molar-refractivity contribution in [3.8, 4) is 11.8 Å². The number of carbonyl (C=O) groups is 1. The van der Waals surface area contributed by atoms with Gasteiger partial charge in [-0.1, -0.05) is 37.2 Å². The van der Waals surface area contributed by atoms with Crippen LogP contribution in [0.4, 0.5) is 0 Å². The van der Waals surface area contributed by atoms with Crippen molar-refractivity contribution in [2.24, 2.45) is 11.7 Å². The minimum Gasteiger partial charge on any atom is -0.352 e. The fourth-order valence-corrected chi connectivity index (χ4v) is 2.62. The molecule has 1 aliphatic carbocycles. The first-order valence-electron chi connectivity index (χ1n) is 7.37. The zero-order valence-corrected chi connectivity index (χ0v) is 11.8. The molecule has 1 aromatic carbocycles. The second kappa shape index (κ2) is 7.72. The van der Waals surface area contributed by atoms with Crippen LogP contribution in [0.5, 0.6) is 0 Å². The third kappa shape index (κ3) is 4.40. The monoisotopic (exact) mass is 270 g/mol. The summed E-state index contributed by atoms with van der Waals surface area (Å²) < 4.78 is 0. The molecule has 1 aliphatic rings. The lowest BCUT2D eigenvalue weighted by atomic mass is 9.89. The van der Waals surface area contributed by atoms with Crippen molar-refractivity contribution in [2.75, 3.05) is 13.1 Å². The van der Waals surface area contributed by atoms with Crippen molar-refractivity contribution < 1.29 is 4.79 Å². The van der Waals surface area contributed by atoms with Gasteiger partial charge in [-0.15, -0.1) is 0 Å². The lowest BCUT2D eigenvalue weighted by Crippen LogP contribution is -2.30. The van der Waals surface area contributed by atoms with E-state index in [9.17, 15) is 4.79 Å². The number of carbonyl (C=O) groups excluding carboxylic acids is 1. The SMILES string of the molecule is NCC#Cc1cccc(C(=O)NCC2CCCCC2)c1. The van der Waals surface area contributed by atoms with Crippen molar-refractivity contribution in [3.05, 3.63) is 35.4 Å². The molecule has 1 amide bonds. The second-order valence-electron chi connectivity index (χ2n) is 5.30. The highest BCUT2D eigenvalue weighted by molar-refractivity contribution is 5.94. The third-order valence-corrected chi connectivity index (χ3v) is 3.74. The number of hydrogen-bond acceptors (Lipinski definition) is 2. The summed E-state index contributed by atoms with van der Waals surface area (Å²) in [5.74, 6) is 6.39. The van der Waals surface area contributed by atoms with Gasteiger partial charge in [-0.2, -0.15) is 0 Å². The number of nitrogens with one attached hydrogen (secondary N) is 1. The molecule has 0 saturated heterocycles. The highest BCUT2D eigenvalue weighted by Crippen LogP contribution is 2.22. The topological polar surface area (TPSA) is 55.1 Å². The lowest BCUT2D eigenvalue weighted by Gasteiger charge is -2.21. The van der Waals surface area contributed by atoms with E-state index < -0.39 is 0 Å². The van der Waals surface area contributed by atoms with Gasteiger partial charge in [0.05, 0.1) is 6.54 Å². The molecule has 0 spiro atoms. The quantitative estimate of drug-likeness (QED) is 0.828. The van der Waals surface area contributed by atoms with Crippen LogP contribution in [-0.4, -0.2) is 19.0 Å². The van der Waals surface area contributed by atoms with Crippen LogP contribution in [-0.2, 0) is 0 Å². The molecule has 0 radical (unpaired) electrons. The Hall–Kier alpha value is -1.79. The molecule has 0 atom stereocenters. The summed E-state index contributed by atoms with van der Waals surface area (Å²) >= 11 is 0. The first kappa shape index (κ1) is 14.6. The molecular weight excluding hydrogens is 248 g/mol. The van der Waals surface area contributed by atoms with E-state index in [1.165, 1.54) is 32.1 Å². The molecule has 3 heteroatoms. The Balaban J connectivity index is 1.91. The van der Waals surface area contributed by atoms with E-state index in [0.717, 1.165) is 12.1 Å². The summed E-state index contributed by atoms with van der Waals surface area (Å²) in [6.07, 6.45) is 6.41. The highest BCUT2D eigenvalue weighted by atomic mass is 16.1. The maximum absolute atomic E-state index is 12.1. The van der Waals surface area contributed by atoms with Gasteiger partial charge in [0.25, 0.3) is 5.91 Å². The van der Waals surface area contributed by atoms with Crippen LogP contribution in [0.3, 0.4) is 0 Å². The first-order chi connectivity index (χ1) is 9.79. The van der Waals surface area contributed by atoms with Crippen molar-refractivity contribution in [1.29, 1.82) is 0 Å². The van der Waals surface area contributed by atoms with Crippen molar-refractivity contribution >= 4 is 5.91 Å². The van der Waals surface area contributed by atoms with Crippen LogP contribution in [0.2, 0.25) is 0 Å². The Bertz CT molecular complexity index is 507. The molecule has 2 rings (SSSR count). The van der Waals surface area contributed by atoms with E-state index in [-0.39, 0.29) is 5.91 Å². The predicted octanol–water partition coefficient (Wildman–Crippen LogP) is 2.31.